The number of amides is 1. The molecule has 0 aliphatic carbocycles. The van der Waals surface area contributed by atoms with E-state index < -0.39 is 9.84 Å². The normalized spacial score (nSPS) is 19.2. The third-order valence-corrected chi connectivity index (χ3v) is 6.25. The SMILES string of the molecule is O=C(NCCCC1CCS(=O)(=O)C1)c1cccc(-n2cccc2)c1. The first-order chi connectivity index (χ1) is 11.5. The Morgan fingerprint density at radius 2 is 2.00 bits per heavy atom. The minimum atomic E-state index is -2.81. The monoisotopic (exact) mass is 346 g/mol. The number of carbonyl (C=O) groups excluding carboxylic acids is 1. The summed E-state index contributed by atoms with van der Waals surface area (Å²) in [6.45, 7) is 0.573. The molecule has 1 saturated heterocycles. The lowest BCUT2D eigenvalue weighted by molar-refractivity contribution is 0.0952. The summed E-state index contributed by atoms with van der Waals surface area (Å²) in [6.07, 6.45) is 6.29. The van der Waals surface area contributed by atoms with Gasteiger partial charge in [-0.15, -0.1) is 0 Å². The smallest absolute Gasteiger partial charge is 0.251 e. The number of hydrogen-bond donors (Lipinski definition) is 1. The number of benzene rings is 1. The predicted octanol–water partition coefficient (Wildman–Crippen LogP) is 2.42. The van der Waals surface area contributed by atoms with Crippen molar-refractivity contribution in [2.75, 3.05) is 18.1 Å². The number of rotatable bonds is 6. The van der Waals surface area contributed by atoms with E-state index in [1.165, 1.54) is 0 Å². The molecule has 24 heavy (non-hydrogen) atoms. The molecule has 1 unspecified atom stereocenters. The highest BCUT2D eigenvalue weighted by molar-refractivity contribution is 7.91. The van der Waals surface area contributed by atoms with Gasteiger partial charge < -0.3 is 9.88 Å². The summed E-state index contributed by atoms with van der Waals surface area (Å²) >= 11 is 0. The van der Waals surface area contributed by atoms with Crippen LogP contribution in [-0.4, -0.2) is 36.9 Å². The molecular weight excluding hydrogens is 324 g/mol. The number of nitrogens with one attached hydrogen (secondary N) is 1. The molecule has 5 nitrogen and oxygen atoms in total. The van der Waals surface area contributed by atoms with Crippen LogP contribution >= 0.6 is 0 Å². The van der Waals surface area contributed by atoms with Crippen molar-refractivity contribution in [2.45, 2.75) is 19.3 Å². The maximum Gasteiger partial charge on any atom is 0.251 e. The average Bonchev–Trinajstić information content (AvgIpc) is 3.21. The second-order valence-corrected chi connectivity index (χ2v) is 8.54. The molecule has 0 spiro atoms. The van der Waals surface area contributed by atoms with Gasteiger partial charge in [-0.1, -0.05) is 6.07 Å². The number of carbonyl (C=O) groups is 1. The van der Waals surface area contributed by atoms with Crippen molar-refractivity contribution in [3.8, 4) is 5.69 Å². The van der Waals surface area contributed by atoms with Gasteiger partial charge in [0.25, 0.3) is 5.91 Å². The fourth-order valence-electron chi connectivity index (χ4n) is 3.11. The first-order valence-electron chi connectivity index (χ1n) is 8.25. The zero-order chi connectivity index (χ0) is 17.0. The Hall–Kier alpha value is -2.08. The number of hydrogen-bond acceptors (Lipinski definition) is 3. The topological polar surface area (TPSA) is 68.2 Å². The maximum atomic E-state index is 12.2. The van der Waals surface area contributed by atoms with Crippen molar-refractivity contribution < 1.29 is 13.2 Å². The van der Waals surface area contributed by atoms with E-state index in [1.807, 2.05) is 47.3 Å². The van der Waals surface area contributed by atoms with E-state index in [0.717, 1.165) is 24.9 Å². The molecule has 2 heterocycles. The van der Waals surface area contributed by atoms with Crippen LogP contribution in [0, 0.1) is 5.92 Å². The minimum absolute atomic E-state index is 0.0944. The Kier molecular flexibility index (Phi) is 5.04. The fraction of sp³-hybridized carbons (Fsp3) is 0.389. The molecule has 1 fully saturated rings. The van der Waals surface area contributed by atoms with Gasteiger partial charge in [-0.3, -0.25) is 4.79 Å². The highest BCUT2D eigenvalue weighted by Gasteiger charge is 2.27. The summed E-state index contributed by atoms with van der Waals surface area (Å²) in [5.41, 5.74) is 1.58. The Labute approximate surface area is 142 Å². The van der Waals surface area contributed by atoms with Crippen molar-refractivity contribution >= 4 is 15.7 Å². The van der Waals surface area contributed by atoms with Gasteiger partial charge in [-0.25, -0.2) is 8.42 Å². The molecule has 3 rings (SSSR count). The van der Waals surface area contributed by atoms with Gasteiger partial charge in [0, 0.05) is 30.2 Å². The van der Waals surface area contributed by atoms with E-state index in [2.05, 4.69) is 5.32 Å². The molecule has 128 valence electrons. The van der Waals surface area contributed by atoms with Gasteiger partial charge in [-0.2, -0.15) is 0 Å². The first-order valence-corrected chi connectivity index (χ1v) is 10.1. The van der Waals surface area contributed by atoms with Gasteiger partial charge in [0.1, 0.15) is 0 Å². The molecule has 2 aromatic rings. The third kappa shape index (κ3) is 4.26. The lowest BCUT2D eigenvalue weighted by Gasteiger charge is -2.09. The second-order valence-electron chi connectivity index (χ2n) is 6.31. The highest BCUT2D eigenvalue weighted by Crippen LogP contribution is 2.22. The Balaban J connectivity index is 1.48. The van der Waals surface area contributed by atoms with E-state index in [9.17, 15) is 13.2 Å². The molecule has 1 aromatic carbocycles. The summed E-state index contributed by atoms with van der Waals surface area (Å²) in [4.78, 5) is 12.2. The molecule has 1 atom stereocenters. The van der Waals surface area contributed by atoms with Crippen molar-refractivity contribution in [1.29, 1.82) is 0 Å². The molecule has 0 saturated carbocycles. The zero-order valence-corrected chi connectivity index (χ0v) is 14.3. The fourth-order valence-corrected chi connectivity index (χ4v) is 5.02. The molecule has 0 radical (unpaired) electrons. The minimum Gasteiger partial charge on any atom is -0.352 e. The van der Waals surface area contributed by atoms with Crippen LogP contribution in [0.25, 0.3) is 5.69 Å². The van der Waals surface area contributed by atoms with Crippen LogP contribution < -0.4 is 5.32 Å². The van der Waals surface area contributed by atoms with Crippen molar-refractivity contribution in [1.82, 2.24) is 9.88 Å². The van der Waals surface area contributed by atoms with E-state index in [1.54, 1.807) is 6.07 Å². The summed E-state index contributed by atoms with van der Waals surface area (Å²) in [7, 11) is -2.81. The van der Waals surface area contributed by atoms with Gasteiger partial charge in [0.2, 0.25) is 0 Å². The van der Waals surface area contributed by atoms with E-state index in [-0.39, 0.29) is 11.8 Å². The summed E-state index contributed by atoms with van der Waals surface area (Å²) < 4.78 is 24.8. The Morgan fingerprint density at radius 3 is 2.71 bits per heavy atom. The molecule has 6 heteroatoms. The first kappa shape index (κ1) is 16.8. The molecule has 1 aliphatic rings. The second kappa shape index (κ2) is 7.21. The lowest BCUT2D eigenvalue weighted by atomic mass is 10.0. The van der Waals surface area contributed by atoms with Crippen LogP contribution in [0.4, 0.5) is 0 Å². The quantitative estimate of drug-likeness (QED) is 0.817. The molecular formula is C18H22N2O3S. The standard InChI is InChI=1S/C18H22N2O3S/c21-18(19-9-4-5-15-8-12-24(22,23)14-15)16-6-3-7-17(13-16)20-10-1-2-11-20/h1-3,6-7,10-11,13,15H,4-5,8-9,12,14H2,(H,19,21). The predicted molar refractivity (Wildman–Crippen MR) is 94.1 cm³/mol. The van der Waals surface area contributed by atoms with Crippen LogP contribution in [0.5, 0.6) is 0 Å². The molecule has 1 aliphatic heterocycles. The summed E-state index contributed by atoms with van der Waals surface area (Å²) in [5.74, 6) is 0.780. The van der Waals surface area contributed by atoms with Crippen LogP contribution in [0.2, 0.25) is 0 Å². The van der Waals surface area contributed by atoms with Gasteiger partial charge in [0.05, 0.1) is 11.5 Å². The van der Waals surface area contributed by atoms with Crippen molar-refractivity contribution in [2.24, 2.45) is 5.92 Å². The van der Waals surface area contributed by atoms with Crippen molar-refractivity contribution in [3.63, 3.8) is 0 Å². The van der Waals surface area contributed by atoms with Gasteiger partial charge >= 0.3 is 0 Å². The lowest BCUT2D eigenvalue weighted by Crippen LogP contribution is -2.25. The van der Waals surface area contributed by atoms with E-state index in [4.69, 9.17) is 0 Å². The van der Waals surface area contributed by atoms with Crippen LogP contribution in [0.15, 0.2) is 48.8 Å². The summed E-state index contributed by atoms with van der Waals surface area (Å²) in [5, 5.41) is 2.92. The largest absolute Gasteiger partial charge is 0.352 e. The maximum absolute atomic E-state index is 12.2. The number of sulfone groups is 1. The van der Waals surface area contributed by atoms with E-state index in [0.29, 0.717) is 23.6 Å². The molecule has 0 bridgehead atoms. The summed E-state index contributed by atoms with van der Waals surface area (Å²) in [6, 6.07) is 11.4. The third-order valence-electron chi connectivity index (χ3n) is 4.41. The van der Waals surface area contributed by atoms with Crippen LogP contribution in [0.3, 0.4) is 0 Å². The average molecular weight is 346 g/mol. The van der Waals surface area contributed by atoms with Crippen LogP contribution in [0.1, 0.15) is 29.6 Å². The van der Waals surface area contributed by atoms with Gasteiger partial charge in [0.15, 0.2) is 9.84 Å². The molecule has 1 aromatic heterocycles. The Morgan fingerprint density at radius 1 is 1.21 bits per heavy atom. The molecule has 1 N–H and O–H groups in total. The highest BCUT2D eigenvalue weighted by atomic mass is 32.2. The molecule has 1 amide bonds. The number of aromatic nitrogens is 1. The van der Waals surface area contributed by atoms with Crippen LogP contribution in [-0.2, 0) is 9.84 Å². The van der Waals surface area contributed by atoms with Crippen molar-refractivity contribution in [3.05, 3.63) is 54.4 Å². The Bertz CT molecular complexity index is 797. The zero-order valence-electron chi connectivity index (χ0n) is 13.5. The van der Waals surface area contributed by atoms with E-state index >= 15 is 0 Å². The van der Waals surface area contributed by atoms with Gasteiger partial charge in [-0.05, 0) is 55.5 Å². The number of nitrogens with zero attached hydrogens (tertiary/aromatic N) is 1.